The Labute approximate surface area is 179 Å². The topological polar surface area (TPSA) is 70.2 Å². The second-order valence-electron chi connectivity index (χ2n) is 6.43. The van der Waals surface area contributed by atoms with Gasteiger partial charge in [0.25, 0.3) is 5.91 Å². The van der Waals surface area contributed by atoms with E-state index >= 15 is 0 Å². The van der Waals surface area contributed by atoms with Gasteiger partial charge in [-0.05, 0) is 61.5 Å². The zero-order chi connectivity index (χ0) is 20.8. The summed E-state index contributed by atoms with van der Waals surface area (Å²) in [5, 5.41) is 9.46. The highest BCUT2D eigenvalue weighted by Gasteiger charge is 2.08. The smallest absolute Gasteiger partial charge is 0.255 e. The number of hydrogen-bond acceptors (Lipinski definition) is 3. The van der Waals surface area contributed by atoms with Gasteiger partial charge in [0.2, 0.25) is 5.91 Å². The minimum atomic E-state index is -0.244. The van der Waals surface area contributed by atoms with Gasteiger partial charge in [-0.15, -0.1) is 0 Å². The highest BCUT2D eigenvalue weighted by atomic mass is 35.5. The van der Waals surface area contributed by atoms with Crippen molar-refractivity contribution in [3.8, 4) is 0 Å². The molecule has 3 rings (SSSR count). The van der Waals surface area contributed by atoms with Crippen LogP contribution in [0.2, 0.25) is 10.0 Å². The first kappa shape index (κ1) is 20.7. The molecule has 0 heterocycles. The van der Waals surface area contributed by atoms with Crippen LogP contribution in [-0.4, -0.2) is 18.4 Å². The lowest BCUT2D eigenvalue weighted by atomic mass is 10.1. The molecule has 0 aliphatic carbocycles. The molecule has 0 saturated heterocycles. The van der Waals surface area contributed by atoms with E-state index in [9.17, 15) is 9.59 Å². The Kier molecular flexibility index (Phi) is 6.75. The van der Waals surface area contributed by atoms with Crippen molar-refractivity contribution >= 4 is 52.1 Å². The molecule has 0 aliphatic heterocycles. The molecule has 2 amide bonds. The van der Waals surface area contributed by atoms with Crippen molar-refractivity contribution in [3.63, 3.8) is 0 Å². The summed E-state index contributed by atoms with van der Waals surface area (Å²) in [4.78, 5) is 24.4. The Bertz CT molecular complexity index is 1040. The number of rotatable bonds is 6. The van der Waals surface area contributed by atoms with Crippen molar-refractivity contribution in [3.05, 3.63) is 87.9 Å². The Hall–Kier alpha value is -3.02. The minimum absolute atomic E-state index is 0.0634. The molecule has 0 saturated carbocycles. The summed E-state index contributed by atoms with van der Waals surface area (Å²) >= 11 is 11.9. The summed E-state index contributed by atoms with van der Waals surface area (Å²) in [6.45, 7) is 2.00. The van der Waals surface area contributed by atoms with Gasteiger partial charge in [-0.3, -0.25) is 9.59 Å². The number of benzene rings is 3. The number of hydrogen-bond donors (Lipinski definition) is 3. The van der Waals surface area contributed by atoms with E-state index < -0.39 is 0 Å². The van der Waals surface area contributed by atoms with Crippen molar-refractivity contribution < 1.29 is 9.59 Å². The highest BCUT2D eigenvalue weighted by Crippen LogP contribution is 2.25. The fourth-order valence-corrected chi connectivity index (χ4v) is 3.08. The molecule has 0 radical (unpaired) electrons. The predicted octanol–water partition coefficient (Wildman–Crippen LogP) is 5.60. The van der Waals surface area contributed by atoms with Gasteiger partial charge < -0.3 is 16.0 Å². The monoisotopic (exact) mass is 427 g/mol. The van der Waals surface area contributed by atoms with Crippen molar-refractivity contribution in [1.82, 2.24) is 0 Å². The van der Waals surface area contributed by atoms with Gasteiger partial charge in [-0.25, -0.2) is 0 Å². The minimum Gasteiger partial charge on any atom is -0.376 e. The van der Waals surface area contributed by atoms with Crippen molar-refractivity contribution in [2.75, 3.05) is 22.5 Å². The summed E-state index contributed by atoms with van der Waals surface area (Å²) in [6, 6.07) is 19.4. The molecule has 0 fully saturated rings. The largest absolute Gasteiger partial charge is 0.376 e. The SMILES string of the molecule is Cc1cccc(C(=O)Nc2ccc(NCC(=O)Nc3ccc(Cl)cc3Cl)cc2)c1. The van der Waals surface area contributed by atoms with E-state index in [2.05, 4.69) is 16.0 Å². The Morgan fingerprint density at radius 2 is 1.59 bits per heavy atom. The van der Waals surface area contributed by atoms with Crippen LogP contribution in [0, 0.1) is 6.92 Å². The molecular formula is C22H19Cl2N3O2. The van der Waals surface area contributed by atoms with E-state index in [1.54, 1.807) is 48.5 Å². The van der Waals surface area contributed by atoms with E-state index in [0.29, 0.717) is 27.0 Å². The van der Waals surface area contributed by atoms with E-state index in [-0.39, 0.29) is 18.4 Å². The van der Waals surface area contributed by atoms with Gasteiger partial charge in [-0.2, -0.15) is 0 Å². The van der Waals surface area contributed by atoms with Gasteiger partial charge >= 0.3 is 0 Å². The lowest BCUT2D eigenvalue weighted by Gasteiger charge is -2.10. The van der Waals surface area contributed by atoms with Gasteiger partial charge in [0.05, 0.1) is 17.3 Å². The molecule has 7 heteroatoms. The molecule has 3 aromatic carbocycles. The van der Waals surface area contributed by atoms with E-state index in [4.69, 9.17) is 23.2 Å². The third-order valence-corrected chi connectivity index (χ3v) is 4.63. The molecule has 0 spiro atoms. The zero-order valence-corrected chi connectivity index (χ0v) is 17.1. The summed E-state index contributed by atoms with van der Waals surface area (Å²) in [5.74, 6) is -0.417. The predicted molar refractivity (Wildman–Crippen MR) is 119 cm³/mol. The number of carbonyl (C=O) groups is 2. The summed E-state index contributed by atoms with van der Waals surface area (Å²) < 4.78 is 0. The molecule has 0 unspecified atom stereocenters. The van der Waals surface area contributed by atoms with Crippen LogP contribution in [0.15, 0.2) is 66.7 Å². The average Bonchev–Trinajstić information content (AvgIpc) is 2.69. The summed E-state index contributed by atoms with van der Waals surface area (Å²) in [7, 11) is 0. The maximum atomic E-state index is 12.3. The molecule has 0 bridgehead atoms. The van der Waals surface area contributed by atoms with E-state index in [1.165, 1.54) is 0 Å². The molecule has 3 N–H and O–H groups in total. The molecular weight excluding hydrogens is 409 g/mol. The van der Waals surface area contributed by atoms with Crippen LogP contribution >= 0.6 is 23.2 Å². The zero-order valence-electron chi connectivity index (χ0n) is 15.6. The first-order valence-electron chi connectivity index (χ1n) is 8.87. The fraction of sp³-hybridized carbons (Fsp3) is 0.0909. The van der Waals surface area contributed by atoms with Crippen LogP contribution in [0.4, 0.5) is 17.1 Å². The van der Waals surface area contributed by atoms with Crippen LogP contribution in [0.1, 0.15) is 15.9 Å². The van der Waals surface area contributed by atoms with Crippen LogP contribution in [0.5, 0.6) is 0 Å². The quantitative estimate of drug-likeness (QED) is 0.478. The maximum absolute atomic E-state index is 12.3. The lowest BCUT2D eigenvalue weighted by molar-refractivity contribution is -0.114. The van der Waals surface area contributed by atoms with Crippen molar-refractivity contribution in [2.24, 2.45) is 0 Å². The second-order valence-corrected chi connectivity index (χ2v) is 7.27. The first-order chi connectivity index (χ1) is 13.9. The summed E-state index contributed by atoms with van der Waals surface area (Å²) in [6.07, 6.45) is 0. The molecule has 3 aromatic rings. The maximum Gasteiger partial charge on any atom is 0.255 e. The Morgan fingerprint density at radius 3 is 2.28 bits per heavy atom. The van der Waals surface area contributed by atoms with Gasteiger partial charge in [0, 0.05) is 22.0 Å². The van der Waals surface area contributed by atoms with E-state index in [0.717, 1.165) is 11.3 Å². The van der Waals surface area contributed by atoms with Gasteiger partial charge in [0.1, 0.15) is 0 Å². The normalized spacial score (nSPS) is 10.3. The van der Waals surface area contributed by atoms with Gasteiger partial charge in [0.15, 0.2) is 0 Å². The molecule has 148 valence electrons. The Morgan fingerprint density at radius 1 is 0.862 bits per heavy atom. The van der Waals surface area contributed by atoms with Crippen LogP contribution in [-0.2, 0) is 4.79 Å². The fourth-order valence-electron chi connectivity index (χ4n) is 2.63. The van der Waals surface area contributed by atoms with Crippen LogP contribution in [0.25, 0.3) is 0 Å². The molecule has 5 nitrogen and oxygen atoms in total. The third-order valence-electron chi connectivity index (χ3n) is 4.08. The second kappa shape index (κ2) is 9.45. The number of halogens is 2. The van der Waals surface area contributed by atoms with Crippen LogP contribution < -0.4 is 16.0 Å². The number of amides is 2. The molecule has 0 aromatic heterocycles. The number of aryl methyl sites for hydroxylation is 1. The van der Waals surface area contributed by atoms with Crippen molar-refractivity contribution in [2.45, 2.75) is 6.92 Å². The van der Waals surface area contributed by atoms with Crippen molar-refractivity contribution in [1.29, 1.82) is 0 Å². The molecule has 29 heavy (non-hydrogen) atoms. The Balaban J connectivity index is 1.52. The standard InChI is InChI=1S/C22H19Cl2N3O2/c1-14-3-2-4-15(11-14)22(29)26-18-8-6-17(7-9-18)25-13-21(28)27-20-10-5-16(23)12-19(20)24/h2-12,25H,13H2,1H3,(H,26,29)(H,27,28). The number of carbonyl (C=O) groups excluding carboxylic acids is 2. The number of nitrogens with one attached hydrogen (secondary N) is 3. The third kappa shape index (κ3) is 5.98. The highest BCUT2D eigenvalue weighted by molar-refractivity contribution is 6.36. The summed E-state index contributed by atoms with van der Waals surface area (Å²) in [5.41, 5.74) is 3.53. The molecule has 0 atom stereocenters. The van der Waals surface area contributed by atoms with Crippen LogP contribution in [0.3, 0.4) is 0 Å². The average molecular weight is 428 g/mol. The lowest BCUT2D eigenvalue weighted by Crippen LogP contribution is -2.21. The van der Waals surface area contributed by atoms with Gasteiger partial charge in [-0.1, -0.05) is 40.9 Å². The first-order valence-corrected chi connectivity index (χ1v) is 9.63. The number of anilines is 3. The molecule has 0 aliphatic rings. The van der Waals surface area contributed by atoms with E-state index in [1.807, 2.05) is 25.1 Å².